The third-order valence-electron chi connectivity index (χ3n) is 2.20. The molecule has 0 aliphatic carbocycles. The van der Waals surface area contributed by atoms with Crippen LogP contribution in [0.25, 0.3) is 0 Å². The number of nitrogen functional groups attached to an aromatic ring is 1. The average Bonchev–Trinajstić information content (AvgIpc) is 2.37. The summed E-state index contributed by atoms with van der Waals surface area (Å²) in [5.74, 6) is 1.71. The average molecular weight is 265 g/mol. The summed E-state index contributed by atoms with van der Waals surface area (Å²) in [6, 6.07) is 10.5. The zero-order chi connectivity index (χ0) is 13.0. The zero-order valence-electron chi connectivity index (χ0n) is 9.89. The maximum Gasteiger partial charge on any atom is 0.244 e. The highest BCUT2D eigenvalue weighted by Crippen LogP contribution is 2.27. The van der Waals surface area contributed by atoms with Gasteiger partial charge < -0.3 is 15.2 Å². The molecule has 0 atom stereocenters. The highest BCUT2D eigenvalue weighted by molar-refractivity contribution is 6.29. The number of ether oxygens (including phenoxy) is 2. The maximum absolute atomic E-state index is 5.78. The standard InChI is InChI=1S/C13H13ClN2O2/c1-2-17-9-3-5-10(6-4-9)18-13-11(15)7-8-12(14)16-13/h3-8H,2,15H2,1H3. The van der Waals surface area contributed by atoms with Crippen molar-refractivity contribution in [3.05, 3.63) is 41.6 Å². The third-order valence-corrected chi connectivity index (χ3v) is 2.42. The number of benzene rings is 1. The highest BCUT2D eigenvalue weighted by atomic mass is 35.5. The van der Waals surface area contributed by atoms with Gasteiger partial charge in [0.2, 0.25) is 5.88 Å². The van der Waals surface area contributed by atoms with E-state index in [1.807, 2.05) is 19.1 Å². The van der Waals surface area contributed by atoms with Crippen LogP contribution in [-0.4, -0.2) is 11.6 Å². The predicted octanol–water partition coefficient (Wildman–Crippen LogP) is 3.51. The minimum absolute atomic E-state index is 0.298. The van der Waals surface area contributed by atoms with E-state index in [4.69, 9.17) is 26.8 Å². The molecule has 0 aliphatic rings. The van der Waals surface area contributed by atoms with Crippen LogP contribution in [-0.2, 0) is 0 Å². The molecule has 0 radical (unpaired) electrons. The molecule has 1 aromatic carbocycles. The Kier molecular flexibility index (Phi) is 3.89. The summed E-state index contributed by atoms with van der Waals surface area (Å²) in [4.78, 5) is 4.01. The molecule has 0 amide bonds. The molecule has 18 heavy (non-hydrogen) atoms. The van der Waals surface area contributed by atoms with Crippen molar-refractivity contribution in [2.24, 2.45) is 0 Å². The van der Waals surface area contributed by atoms with Gasteiger partial charge in [0, 0.05) is 0 Å². The molecule has 0 bridgehead atoms. The van der Waals surface area contributed by atoms with E-state index < -0.39 is 0 Å². The van der Waals surface area contributed by atoms with Gasteiger partial charge in [-0.05, 0) is 43.3 Å². The molecule has 94 valence electrons. The van der Waals surface area contributed by atoms with Crippen molar-refractivity contribution >= 4 is 17.3 Å². The molecule has 5 heteroatoms. The second kappa shape index (κ2) is 5.60. The second-order valence-electron chi connectivity index (χ2n) is 3.53. The molecule has 0 unspecified atom stereocenters. The number of nitrogens with zero attached hydrogens (tertiary/aromatic N) is 1. The number of rotatable bonds is 4. The van der Waals surface area contributed by atoms with Crippen molar-refractivity contribution < 1.29 is 9.47 Å². The molecule has 2 aromatic rings. The molecular weight excluding hydrogens is 252 g/mol. The van der Waals surface area contributed by atoms with Crippen molar-refractivity contribution in [3.8, 4) is 17.4 Å². The molecule has 0 aliphatic heterocycles. The summed E-state index contributed by atoms with van der Waals surface area (Å²) in [7, 11) is 0. The minimum Gasteiger partial charge on any atom is -0.494 e. The fraction of sp³-hybridized carbons (Fsp3) is 0.154. The Hall–Kier alpha value is -1.94. The quantitative estimate of drug-likeness (QED) is 0.859. The second-order valence-corrected chi connectivity index (χ2v) is 3.92. The SMILES string of the molecule is CCOc1ccc(Oc2nc(Cl)ccc2N)cc1. The molecule has 1 aromatic heterocycles. The van der Waals surface area contributed by atoms with Crippen molar-refractivity contribution in [2.75, 3.05) is 12.3 Å². The summed E-state index contributed by atoms with van der Waals surface area (Å²) in [5, 5.41) is 0.338. The lowest BCUT2D eigenvalue weighted by atomic mass is 10.3. The molecule has 0 fully saturated rings. The minimum atomic E-state index is 0.298. The molecule has 2 rings (SSSR count). The van der Waals surface area contributed by atoms with Crippen molar-refractivity contribution in [3.63, 3.8) is 0 Å². The lowest BCUT2D eigenvalue weighted by Gasteiger charge is -2.08. The van der Waals surface area contributed by atoms with Crippen LogP contribution in [0.4, 0.5) is 5.69 Å². The van der Waals surface area contributed by atoms with Gasteiger partial charge in [0.25, 0.3) is 0 Å². The summed E-state index contributed by atoms with van der Waals surface area (Å²) in [5.41, 5.74) is 6.18. The molecule has 0 saturated carbocycles. The summed E-state index contributed by atoms with van der Waals surface area (Å²) < 4.78 is 10.9. The van der Waals surface area contributed by atoms with E-state index in [1.165, 1.54) is 0 Å². The molecule has 1 heterocycles. The van der Waals surface area contributed by atoms with Crippen molar-refractivity contribution in [1.29, 1.82) is 0 Å². The van der Waals surface area contributed by atoms with Crippen LogP contribution < -0.4 is 15.2 Å². The van der Waals surface area contributed by atoms with Crippen LogP contribution in [0.5, 0.6) is 17.4 Å². The molecule has 4 nitrogen and oxygen atoms in total. The number of pyridine rings is 1. The van der Waals surface area contributed by atoms with Gasteiger partial charge in [-0.25, -0.2) is 0 Å². The van der Waals surface area contributed by atoms with E-state index in [9.17, 15) is 0 Å². The Morgan fingerprint density at radius 1 is 1.11 bits per heavy atom. The van der Waals surface area contributed by atoms with Gasteiger partial charge in [-0.3, -0.25) is 0 Å². The monoisotopic (exact) mass is 264 g/mol. The van der Waals surface area contributed by atoms with Crippen LogP contribution in [0.1, 0.15) is 6.92 Å². The first-order chi connectivity index (χ1) is 8.69. The van der Waals surface area contributed by atoms with Crippen LogP contribution in [0.15, 0.2) is 36.4 Å². The number of nitrogens with two attached hydrogens (primary N) is 1. The van der Waals surface area contributed by atoms with E-state index in [1.54, 1.807) is 24.3 Å². The van der Waals surface area contributed by atoms with E-state index in [0.717, 1.165) is 5.75 Å². The summed E-state index contributed by atoms with van der Waals surface area (Å²) in [6.07, 6.45) is 0. The smallest absolute Gasteiger partial charge is 0.244 e. The van der Waals surface area contributed by atoms with Gasteiger partial charge in [0.15, 0.2) is 0 Å². The highest BCUT2D eigenvalue weighted by Gasteiger charge is 2.05. The predicted molar refractivity (Wildman–Crippen MR) is 71.3 cm³/mol. The normalized spacial score (nSPS) is 10.1. The van der Waals surface area contributed by atoms with Crippen molar-refractivity contribution in [1.82, 2.24) is 4.98 Å². The summed E-state index contributed by atoms with van der Waals surface area (Å²) >= 11 is 5.78. The van der Waals surface area contributed by atoms with Crippen LogP contribution in [0.3, 0.4) is 0 Å². The molecule has 0 saturated heterocycles. The van der Waals surface area contributed by atoms with Gasteiger partial charge in [0.1, 0.15) is 16.7 Å². The van der Waals surface area contributed by atoms with Crippen molar-refractivity contribution in [2.45, 2.75) is 6.92 Å². The maximum atomic E-state index is 5.78. The molecular formula is C13H13ClN2O2. The third kappa shape index (κ3) is 3.05. The number of anilines is 1. The van der Waals surface area contributed by atoms with Crippen LogP contribution >= 0.6 is 11.6 Å². The topological polar surface area (TPSA) is 57.4 Å². The Morgan fingerprint density at radius 2 is 1.78 bits per heavy atom. The Bertz CT molecular complexity index is 529. The molecule has 2 N–H and O–H groups in total. The van der Waals surface area contributed by atoms with Gasteiger partial charge in [0.05, 0.1) is 12.3 Å². The van der Waals surface area contributed by atoms with Gasteiger partial charge in [-0.2, -0.15) is 4.98 Å². The lowest BCUT2D eigenvalue weighted by molar-refractivity contribution is 0.339. The van der Waals surface area contributed by atoms with E-state index in [-0.39, 0.29) is 0 Å². The van der Waals surface area contributed by atoms with Crippen LogP contribution in [0, 0.1) is 0 Å². The number of aromatic nitrogens is 1. The Balaban J connectivity index is 2.15. The number of halogens is 1. The zero-order valence-corrected chi connectivity index (χ0v) is 10.6. The Morgan fingerprint density at radius 3 is 2.44 bits per heavy atom. The first-order valence-electron chi connectivity index (χ1n) is 5.52. The first kappa shape index (κ1) is 12.5. The van der Waals surface area contributed by atoms with Gasteiger partial charge >= 0.3 is 0 Å². The number of hydrogen-bond donors (Lipinski definition) is 1. The van der Waals surface area contributed by atoms with Crippen LogP contribution in [0.2, 0.25) is 5.15 Å². The largest absolute Gasteiger partial charge is 0.494 e. The fourth-order valence-electron chi connectivity index (χ4n) is 1.39. The number of hydrogen-bond acceptors (Lipinski definition) is 4. The van der Waals surface area contributed by atoms with E-state index in [2.05, 4.69) is 4.98 Å². The van der Waals surface area contributed by atoms with E-state index >= 15 is 0 Å². The first-order valence-corrected chi connectivity index (χ1v) is 5.89. The van der Waals surface area contributed by atoms with Gasteiger partial charge in [-0.1, -0.05) is 11.6 Å². The molecule has 0 spiro atoms. The summed E-state index contributed by atoms with van der Waals surface area (Å²) in [6.45, 7) is 2.56. The Labute approximate surface area is 110 Å². The van der Waals surface area contributed by atoms with E-state index in [0.29, 0.717) is 29.1 Å². The lowest BCUT2D eigenvalue weighted by Crippen LogP contribution is -1.95. The van der Waals surface area contributed by atoms with Gasteiger partial charge in [-0.15, -0.1) is 0 Å². The fourth-order valence-corrected chi connectivity index (χ4v) is 1.53.